The minimum Gasteiger partial charge on any atom is -0.374 e. The van der Waals surface area contributed by atoms with Crippen molar-refractivity contribution in [2.24, 2.45) is 5.92 Å². The molecule has 70 heavy (non-hydrogen) atoms. The number of amides is 3. The number of nitrogens with one attached hydrogen (secondary N) is 2. The van der Waals surface area contributed by atoms with Gasteiger partial charge in [-0.3, -0.25) is 29.4 Å². The van der Waals surface area contributed by atoms with Gasteiger partial charge in [0.05, 0.1) is 35.9 Å². The van der Waals surface area contributed by atoms with Crippen molar-refractivity contribution in [1.82, 2.24) is 44.5 Å². The Kier molecular flexibility index (Phi) is 13.6. The van der Waals surface area contributed by atoms with Crippen LogP contribution in [0.1, 0.15) is 105 Å². The van der Waals surface area contributed by atoms with Gasteiger partial charge in [-0.25, -0.2) is 9.50 Å². The highest BCUT2D eigenvalue weighted by molar-refractivity contribution is 6.01. The van der Waals surface area contributed by atoms with E-state index in [2.05, 4.69) is 91.3 Å². The zero-order chi connectivity index (χ0) is 48.3. The van der Waals surface area contributed by atoms with Gasteiger partial charge in [0.15, 0.2) is 0 Å². The monoisotopic (exact) mass is 939 g/mol. The maximum atomic E-state index is 13.0. The van der Waals surface area contributed by atoms with Crippen LogP contribution in [0.5, 0.6) is 0 Å². The molecule has 4 fully saturated rings. The summed E-state index contributed by atoms with van der Waals surface area (Å²) in [5.74, 6) is 1.66. The lowest BCUT2D eigenvalue weighted by molar-refractivity contribution is -0.134. The second-order valence-electron chi connectivity index (χ2n) is 19.9. The van der Waals surface area contributed by atoms with Crippen LogP contribution in [0.3, 0.4) is 0 Å². The summed E-state index contributed by atoms with van der Waals surface area (Å²) in [7, 11) is 0. The largest absolute Gasteiger partial charge is 0.374 e. The maximum absolute atomic E-state index is 13.0. The first-order chi connectivity index (χ1) is 34.0. The predicted molar refractivity (Wildman–Crippen MR) is 271 cm³/mol. The van der Waals surface area contributed by atoms with Crippen LogP contribution in [-0.2, 0) is 20.8 Å². The van der Waals surface area contributed by atoms with Crippen LogP contribution in [0.25, 0.3) is 33.3 Å². The smallest absolute Gasteiger partial charge is 0.249 e. The predicted octanol–water partition coefficient (Wildman–Crippen LogP) is 7.98. The Morgan fingerprint density at radius 2 is 1.66 bits per heavy atom. The number of piperazine rings is 1. The van der Waals surface area contributed by atoms with Crippen LogP contribution >= 0.6 is 0 Å². The minimum absolute atomic E-state index is 0.0921. The third-order valence-electron chi connectivity index (χ3n) is 15.2. The molecule has 1 atom stereocenters. The molecule has 360 valence electrons. The second-order valence-corrected chi connectivity index (χ2v) is 19.9. The van der Waals surface area contributed by atoms with Crippen LogP contribution in [0.15, 0.2) is 92.3 Å². The van der Waals surface area contributed by atoms with E-state index in [0.717, 1.165) is 107 Å². The number of nitriles is 1. The van der Waals surface area contributed by atoms with Gasteiger partial charge in [-0.2, -0.15) is 15.5 Å². The number of fused-ring (bicyclic) bond motifs is 1. The number of imide groups is 1. The molecular weight excluding hydrogens is 877 g/mol. The molecule has 3 saturated heterocycles. The lowest BCUT2D eigenvalue weighted by Crippen LogP contribution is -2.49. The van der Waals surface area contributed by atoms with Gasteiger partial charge in [0.2, 0.25) is 17.7 Å². The molecule has 15 heteroatoms. The summed E-state index contributed by atoms with van der Waals surface area (Å²) in [5, 5.41) is 25.3. The number of piperidine rings is 2. The molecule has 10 rings (SSSR count). The van der Waals surface area contributed by atoms with E-state index >= 15 is 0 Å². The van der Waals surface area contributed by atoms with E-state index < -0.39 is 6.04 Å². The van der Waals surface area contributed by atoms with Crippen LogP contribution < -0.4 is 15.5 Å². The number of carbonyl (C=O) groups excluding carboxylic acids is 3. The standard InChI is InChI=1S/C55H62N12O3/c1-36(2)48-27-45(61-50-13-15-52(68)62-55(50)70)9-12-47(48)39-17-20-63(21-18-39)19-16-38-5-10-46(11-6-38)66-35-43(33-59-66)41-26-49(54-42(29-56)32-60-67(54)34-41)40-7-14-51(58-31-40)64-22-24-65(25-23-64)53(69)28-44-8-4-37(3)30-57-44/h4,7-9,12,14,26-27,30-35,38-39,46,50,61H,1,5-6,10-11,13,15-25,28H2,2-3H3,(H,62,68,70). The van der Waals surface area contributed by atoms with Gasteiger partial charge in [0.25, 0.3) is 0 Å². The third-order valence-corrected chi connectivity index (χ3v) is 15.2. The van der Waals surface area contributed by atoms with Gasteiger partial charge in [-0.1, -0.05) is 24.3 Å². The molecule has 6 aromatic rings. The van der Waals surface area contributed by atoms with Gasteiger partial charge in [0, 0.05) is 91.0 Å². The maximum Gasteiger partial charge on any atom is 0.249 e. The van der Waals surface area contributed by atoms with Crippen molar-refractivity contribution in [1.29, 1.82) is 5.26 Å². The lowest BCUT2D eigenvalue weighted by atomic mass is 9.83. The fourth-order valence-corrected chi connectivity index (χ4v) is 11.0. The van der Waals surface area contributed by atoms with Crippen LogP contribution in [-0.4, -0.2) is 109 Å². The van der Waals surface area contributed by atoms with Crippen molar-refractivity contribution in [3.05, 3.63) is 120 Å². The summed E-state index contributed by atoms with van der Waals surface area (Å²) in [4.78, 5) is 53.1. The van der Waals surface area contributed by atoms with Crippen molar-refractivity contribution >= 4 is 40.3 Å². The van der Waals surface area contributed by atoms with Crippen molar-refractivity contribution < 1.29 is 14.4 Å². The third kappa shape index (κ3) is 10.2. The molecule has 0 bridgehead atoms. The molecular formula is C55H62N12O3. The highest BCUT2D eigenvalue weighted by Gasteiger charge is 2.29. The van der Waals surface area contributed by atoms with Crippen LogP contribution in [0.2, 0.25) is 0 Å². The van der Waals surface area contributed by atoms with Crippen LogP contribution in [0, 0.1) is 24.2 Å². The molecule has 1 aliphatic carbocycles. The Morgan fingerprint density at radius 1 is 0.843 bits per heavy atom. The number of allylic oxidation sites excluding steroid dienone is 1. The van der Waals surface area contributed by atoms with E-state index in [-0.39, 0.29) is 17.7 Å². The molecule has 4 aliphatic rings. The molecule has 1 aromatic carbocycles. The minimum atomic E-state index is -0.409. The zero-order valence-electron chi connectivity index (χ0n) is 40.3. The molecule has 0 spiro atoms. The Hall–Kier alpha value is -7.18. The summed E-state index contributed by atoms with van der Waals surface area (Å²) < 4.78 is 3.95. The first-order valence-corrected chi connectivity index (χ1v) is 25.0. The zero-order valence-corrected chi connectivity index (χ0v) is 40.3. The van der Waals surface area contributed by atoms with Crippen molar-refractivity contribution in [2.45, 2.75) is 96.1 Å². The van der Waals surface area contributed by atoms with Gasteiger partial charge >= 0.3 is 0 Å². The number of pyridine rings is 3. The molecule has 1 saturated carbocycles. The van der Waals surface area contributed by atoms with E-state index in [9.17, 15) is 19.6 Å². The Bertz CT molecular complexity index is 2930. The number of aromatic nitrogens is 6. The first kappa shape index (κ1) is 46.5. The summed E-state index contributed by atoms with van der Waals surface area (Å²) in [6, 6.07) is 18.8. The van der Waals surface area contributed by atoms with Gasteiger partial charge < -0.3 is 20.0 Å². The number of anilines is 2. The molecule has 2 N–H and O–H groups in total. The van der Waals surface area contributed by atoms with Gasteiger partial charge in [-0.15, -0.1) is 0 Å². The summed E-state index contributed by atoms with van der Waals surface area (Å²) in [6.07, 6.45) is 20.6. The van der Waals surface area contributed by atoms with E-state index in [1.807, 2.05) is 48.6 Å². The van der Waals surface area contributed by atoms with Gasteiger partial charge in [0.1, 0.15) is 17.9 Å². The molecule has 3 amide bonds. The molecule has 15 nitrogen and oxygen atoms in total. The number of likely N-dealkylation sites (tertiary alicyclic amines) is 1. The highest BCUT2D eigenvalue weighted by atomic mass is 16.2. The summed E-state index contributed by atoms with van der Waals surface area (Å²) in [5.41, 5.74) is 11.3. The first-order valence-electron chi connectivity index (χ1n) is 25.0. The number of benzene rings is 1. The Morgan fingerprint density at radius 3 is 2.37 bits per heavy atom. The second kappa shape index (κ2) is 20.4. The average molecular weight is 939 g/mol. The quantitative estimate of drug-likeness (QED) is 0.108. The number of nitrogens with zero attached hydrogens (tertiary/aromatic N) is 10. The summed E-state index contributed by atoms with van der Waals surface area (Å²) in [6.45, 7) is 14.3. The topological polar surface area (TPSA) is 170 Å². The van der Waals surface area contributed by atoms with Crippen molar-refractivity contribution in [3.8, 4) is 28.3 Å². The molecule has 5 aromatic heterocycles. The fourth-order valence-electron chi connectivity index (χ4n) is 11.0. The van der Waals surface area contributed by atoms with Gasteiger partial charge in [-0.05, 0) is 150 Å². The average Bonchev–Trinajstić information content (AvgIpc) is 4.06. The normalized spacial score (nSPS) is 20.3. The van der Waals surface area contributed by atoms with E-state index in [4.69, 9.17) is 10.1 Å². The molecule has 0 radical (unpaired) electrons. The number of hydrogen-bond donors (Lipinski definition) is 2. The SMILES string of the molecule is C=C(C)c1cc(NC2CCC(=O)NC2=O)ccc1C1CCN(CCC2CCC(n3cc(-c4cc(-c5ccc(N6CCN(C(=O)Cc7ccc(C)cn7)CC6)nc5)c5c(C#N)cnn5c4)cn3)CC2)CC1. The Balaban J connectivity index is 0.718. The van der Waals surface area contributed by atoms with Crippen molar-refractivity contribution in [3.63, 3.8) is 0 Å². The van der Waals surface area contributed by atoms with Crippen molar-refractivity contribution in [2.75, 3.05) is 56.0 Å². The molecule has 8 heterocycles. The number of carbonyl (C=O) groups is 3. The van der Waals surface area contributed by atoms with Crippen LogP contribution in [0.4, 0.5) is 11.5 Å². The molecule has 3 aliphatic heterocycles. The number of rotatable bonds is 13. The van der Waals surface area contributed by atoms with E-state index in [1.165, 1.54) is 24.8 Å². The lowest BCUT2D eigenvalue weighted by Gasteiger charge is -2.35. The van der Waals surface area contributed by atoms with E-state index in [1.54, 1.807) is 16.9 Å². The van der Waals surface area contributed by atoms with E-state index in [0.29, 0.717) is 68.9 Å². The fraction of sp³-hybridized carbons (Fsp3) is 0.418. The molecule has 1 unspecified atom stereocenters. The summed E-state index contributed by atoms with van der Waals surface area (Å²) >= 11 is 0. The Labute approximate surface area is 409 Å². The highest BCUT2D eigenvalue weighted by Crippen LogP contribution is 2.38. The number of aryl methyl sites for hydroxylation is 1. The number of hydrogen-bond acceptors (Lipinski definition) is 11.